The molecule has 0 atom stereocenters. The molecular formula is C18H18N4O6S. The lowest BCUT2D eigenvalue weighted by molar-refractivity contribution is -0.384. The molecule has 10 nitrogen and oxygen atoms in total. The summed E-state index contributed by atoms with van der Waals surface area (Å²) in [6.07, 6.45) is 2.90. The highest BCUT2D eigenvalue weighted by molar-refractivity contribution is 7.89. The zero-order chi connectivity index (χ0) is 21.0. The van der Waals surface area contributed by atoms with Crippen molar-refractivity contribution in [1.82, 2.24) is 4.31 Å². The molecule has 0 saturated carbocycles. The number of hydrazone groups is 1. The summed E-state index contributed by atoms with van der Waals surface area (Å²) in [4.78, 5) is 21.4. The molecule has 2 aromatic rings. The second-order valence-electron chi connectivity index (χ2n) is 6.34. The summed E-state index contributed by atoms with van der Waals surface area (Å²) in [6.45, 7) is 0.808. The van der Waals surface area contributed by atoms with Crippen LogP contribution in [0.5, 0.6) is 0 Å². The number of aromatic carboxylic acids is 1. The van der Waals surface area contributed by atoms with Gasteiger partial charge < -0.3 is 5.11 Å². The van der Waals surface area contributed by atoms with E-state index in [0.717, 1.165) is 18.9 Å². The van der Waals surface area contributed by atoms with Gasteiger partial charge in [0.1, 0.15) is 5.69 Å². The Kier molecular flexibility index (Phi) is 5.89. The van der Waals surface area contributed by atoms with E-state index >= 15 is 0 Å². The van der Waals surface area contributed by atoms with Crippen LogP contribution in [0.1, 0.15) is 28.8 Å². The number of carboxylic acid groups (broad SMARTS) is 1. The molecule has 2 N–H and O–H groups in total. The van der Waals surface area contributed by atoms with Crippen molar-refractivity contribution in [2.24, 2.45) is 5.10 Å². The van der Waals surface area contributed by atoms with E-state index in [1.165, 1.54) is 46.9 Å². The fraction of sp³-hybridized carbons (Fsp3) is 0.222. The van der Waals surface area contributed by atoms with E-state index < -0.39 is 26.6 Å². The molecule has 1 aliphatic rings. The number of anilines is 1. The summed E-state index contributed by atoms with van der Waals surface area (Å²) in [5, 5.41) is 24.2. The molecule has 1 aliphatic heterocycles. The van der Waals surface area contributed by atoms with Crippen LogP contribution in [0.2, 0.25) is 0 Å². The Morgan fingerprint density at radius 1 is 1.17 bits per heavy atom. The molecule has 3 rings (SSSR count). The Bertz CT molecular complexity index is 1060. The zero-order valence-corrected chi connectivity index (χ0v) is 16.0. The third-order valence-electron chi connectivity index (χ3n) is 4.42. The molecule has 0 amide bonds. The smallest absolute Gasteiger partial charge is 0.335 e. The SMILES string of the molecule is O=C(O)c1ccc(/C=N\Nc2ccc(S(=O)(=O)N3CCCC3)cc2[N+](=O)[O-])cc1. The third-order valence-corrected chi connectivity index (χ3v) is 6.32. The molecule has 0 bridgehead atoms. The predicted molar refractivity (Wildman–Crippen MR) is 106 cm³/mol. The number of nitrogens with zero attached hydrogens (tertiary/aromatic N) is 3. The van der Waals surface area contributed by atoms with Gasteiger partial charge in [-0.15, -0.1) is 0 Å². The summed E-state index contributed by atoms with van der Waals surface area (Å²) in [7, 11) is -3.77. The van der Waals surface area contributed by atoms with Gasteiger partial charge in [-0.25, -0.2) is 13.2 Å². The molecule has 0 aromatic heterocycles. The van der Waals surface area contributed by atoms with Crippen molar-refractivity contribution in [2.75, 3.05) is 18.5 Å². The van der Waals surface area contributed by atoms with Crippen molar-refractivity contribution in [1.29, 1.82) is 0 Å². The zero-order valence-electron chi connectivity index (χ0n) is 15.2. The highest BCUT2D eigenvalue weighted by Crippen LogP contribution is 2.30. The van der Waals surface area contributed by atoms with Gasteiger partial charge in [-0.3, -0.25) is 15.5 Å². The number of carboxylic acids is 1. The van der Waals surface area contributed by atoms with Crippen LogP contribution in [-0.4, -0.2) is 48.0 Å². The minimum absolute atomic E-state index is 0.0359. The standard InChI is InChI=1S/C18H18N4O6S/c23-18(24)14-5-3-13(4-6-14)12-19-20-16-8-7-15(11-17(16)22(25)26)29(27,28)21-9-1-2-10-21/h3-8,11-12,20H,1-2,9-10H2,(H,23,24)/b19-12-. The first-order chi connectivity index (χ1) is 13.8. The Balaban J connectivity index is 1.80. The minimum atomic E-state index is -3.77. The first-order valence-electron chi connectivity index (χ1n) is 8.70. The largest absolute Gasteiger partial charge is 0.478 e. The lowest BCUT2D eigenvalue weighted by Gasteiger charge is -2.15. The minimum Gasteiger partial charge on any atom is -0.478 e. The third kappa shape index (κ3) is 4.58. The number of benzene rings is 2. The van der Waals surface area contributed by atoms with Gasteiger partial charge >= 0.3 is 5.97 Å². The van der Waals surface area contributed by atoms with Crippen molar-refractivity contribution in [3.8, 4) is 0 Å². The molecule has 1 saturated heterocycles. The van der Waals surface area contributed by atoms with Gasteiger partial charge in [0.05, 0.1) is 21.6 Å². The van der Waals surface area contributed by atoms with Crippen LogP contribution >= 0.6 is 0 Å². The summed E-state index contributed by atoms with van der Waals surface area (Å²) in [6, 6.07) is 9.51. The van der Waals surface area contributed by atoms with Crippen LogP contribution in [0.4, 0.5) is 11.4 Å². The van der Waals surface area contributed by atoms with E-state index in [0.29, 0.717) is 18.7 Å². The maximum atomic E-state index is 12.6. The summed E-state index contributed by atoms with van der Waals surface area (Å²) in [5.41, 5.74) is 2.86. The van der Waals surface area contributed by atoms with Gasteiger partial charge in [-0.05, 0) is 42.7 Å². The topological polar surface area (TPSA) is 142 Å². The number of carbonyl (C=O) groups is 1. The van der Waals surface area contributed by atoms with Crippen LogP contribution in [0.15, 0.2) is 52.5 Å². The van der Waals surface area contributed by atoms with Crippen LogP contribution in [0.25, 0.3) is 0 Å². The fourth-order valence-corrected chi connectivity index (χ4v) is 4.42. The lowest BCUT2D eigenvalue weighted by Crippen LogP contribution is -2.27. The highest BCUT2D eigenvalue weighted by Gasteiger charge is 2.29. The van der Waals surface area contributed by atoms with Crippen LogP contribution in [0.3, 0.4) is 0 Å². The van der Waals surface area contributed by atoms with Crippen molar-refractivity contribution in [3.05, 3.63) is 63.7 Å². The number of nitro benzene ring substituents is 1. The van der Waals surface area contributed by atoms with Gasteiger partial charge in [-0.2, -0.15) is 9.41 Å². The average Bonchev–Trinajstić information content (AvgIpc) is 3.24. The number of rotatable bonds is 7. The van der Waals surface area contributed by atoms with E-state index in [9.17, 15) is 23.3 Å². The maximum absolute atomic E-state index is 12.6. The first-order valence-corrected chi connectivity index (χ1v) is 10.1. The van der Waals surface area contributed by atoms with Gasteiger partial charge in [0.2, 0.25) is 10.0 Å². The molecule has 2 aromatic carbocycles. The van der Waals surface area contributed by atoms with Crippen LogP contribution < -0.4 is 5.43 Å². The maximum Gasteiger partial charge on any atom is 0.335 e. The monoisotopic (exact) mass is 418 g/mol. The van der Waals surface area contributed by atoms with E-state index in [1.807, 2.05) is 0 Å². The van der Waals surface area contributed by atoms with Crippen molar-refractivity contribution >= 4 is 33.6 Å². The first kappa shape index (κ1) is 20.4. The summed E-state index contributed by atoms with van der Waals surface area (Å²) in [5.74, 6) is -1.05. The number of hydrogen-bond donors (Lipinski definition) is 2. The normalized spacial score (nSPS) is 14.9. The molecule has 11 heteroatoms. The number of hydrogen-bond acceptors (Lipinski definition) is 7. The van der Waals surface area contributed by atoms with E-state index in [2.05, 4.69) is 10.5 Å². The van der Waals surface area contributed by atoms with Gasteiger partial charge in [0.25, 0.3) is 5.69 Å². The Morgan fingerprint density at radius 3 is 2.41 bits per heavy atom. The molecule has 152 valence electrons. The second kappa shape index (κ2) is 8.37. The fourth-order valence-electron chi connectivity index (χ4n) is 2.88. The van der Waals surface area contributed by atoms with Crippen molar-refractivity contribution < 1.29 is 23.2 Å². The summed E-state index contributed by atoms with van der Waals surface area (Å²) >= 11 is 0. The van der Waals surface area contributed by atoms with Crippen molar-refractivity contribution in [2.45, 2.75) is 17.7 Å². The molecule has 0 unspecified atom stereocenters. The molecule has 0 radical (unpaired) electrons. The average molecular weight is 418 g/mol. The Hall–Kier alpha value is -3.31. The Labute approximate surface area is 166 Å². The number of nitrogens with one attached hydrogen (secondary N) is 1. The van der Waals surface area contributed by atoms with Gasteiger partial charge in [-0.1, -0.05) is 12.1 Å². The van der Waals surface area contributed by atoms with Gasteiger partial charge in [0.15, 0.2) is 0 Å². The molecule has 0 aliphatic carbocycles. The van der Waals surface area contributed by atoms with Gasteiger partial charge in [0, 0.05) is 19.2 Å². The molecule has 29 heavy (non-hydrogen) atoms. The highest BCUT2D eigenvalue weighted by atomic mass is 32.2. The molecule has 1 heterocycles. The lowest BCUT2D eigenvalue weighted by atomic mass is 10.1. The predicted octanol–water partition coefficient (Wildman–Crippen LogP) is 2.52. The number of sulfonamides is 1. The van der Waals surface area contributed by atoms with Crippen molar-refractivity contribution in [3.63, 3.8) is 0 Å². The molecular weight excluding hydrogens is 400 g/mol. The van der Waals surface area contributed by atoms with E-state index in [-0.39, 0.29) is 16.1 Å². The number of nitro groups is 1. The van der Waals surface area contributed by atoms with E-state index in [1.54, 1.807) is 0 Å². The quantitative estimate of drug-likeness (QED) is 0.399. The molecule has 0 spiro atoms. The Morgan fingerprint density at radius 2 is 1.83 bits per heavy atom. The van der Waals surface area contributed by atoms with E-state index in [4.69, 9.17) is 5.11 Å². The van der Waals surface area contributed by atoms with Crippen LogP contribution in [0, 0.1) is 10.1 Å². The summed E-state index contributed by atoms with van der Waals surface area (Å²) < 4.78 is 26.5. The van der Waals surface area contributed by atoms with Crippen LogP contribution in [-0.2, 0) is 10.0 Å². The molecule has 1 fully saturated rings. The second-order valence-corrected chi connectivity index (χ2v) is 8.28.